The second kappa shape index (κ2) is 6.29. The summed E-state index contributed by atoms with van der Waals surface area (Å²) in [6.45, 7) is 1.76. The lowest BCUT2D eigenvalue weighted by Gasteiger charge is -2.00. The zero-order valence-corrected chi connectivity index (χ0v) is 14.1. The summed E-state index contributed by atoms with van der Waals surface area (Å²) in [6, 6.07) is 13.8. The van der Waals surface area contributed by atoms with E-state index < -0.39 is 5.82 Å². The number of fused-ring (bicyclic) bond motifs is 3. The fourth-order valence-corrected chi connectivity index (χ4v) is 3.38. The lowest BCUT2D eigenvalue weighted by molar-refractivity contribution is 0.102. The summed E-state index contributed by atoms with van der Waals surface area (Å²) in [5.41, 5.74) is 2.60. The minimum absolute atomic E-state index is 0.00129. The lowest BCUT2D eigenvalue weighted by atomic mass is 10.1. The molecule has 0 fully saturated rings. The van der Waals surface area contributed by atoms with Gasteiger partial charge in [-0.15, -0.1) is 0 Å². The normalized spacial score (nSPS) is 11.3. The van der Waals surface area contributed by atoms with Gasteiger partial charge < -0.3 is 4.42 Å². The van der Waals surface area contributed by atoms with Gasteiger partial charge in [0.1, 0.15) is 16.9 Å². The van der Waals surface area contributed by atoms with E-state index in [4.69, 9.17) is 4.42 Å². The van der Waals surface area contributed by atoms with Gasteiger partial charge in [-0.1, -0.05) is 48.2 Å². The van der Waals surface area contributed by atoms with Crippen molar-refractivity contribution >= 4 is 39.5 Å². The van der Waals surface area contributed by atoms with Gasteiger partial charge in [0.05, 0.1) is 11.4 Å². The first-order chi connectivity index (χ1) is 12.1. The molecule has 2 aromatic carbocycles. The molecule has 0 bridgehead atoms. The van der Waals surface area contributed by atoms with E-state index in [1.54, 1.807) is 31.2 Å². The molecule has 0 radical (unpaired) electrons. The van der Waals surface area contributed by atoms with E-state index in [0.29, 0.717) is 33.0 Å². The number of halogens is 1. The SMILES string of the molecule is Cc1nc2c(F)cccc2c2oc(SCC(=O)c3ccccc3)nc12. The van der Waals surface area contributed by atoms with Crippen LogP contribution >= 0.6 is 11.8 Å². The van der Waals surface area contributed by atoms with Gasteiger partial charge >= 0.3 is 0 Å². The van der Waals surface area contributed by atoms with Crippen molar-refractivity contribution in [3.63, 3.8) is 0 Å². The van der Waals surface area contributed by atoms with Gasteiger partial charge in [0.15, 0.2) is 11.4 Å². The number of hydrogen-bond donors (Lipinski definition) is 0. The summed E-state index contributed by atoms with van der Waals surface area (Å²) >= 11 is 1.22. The Bertz CT molecular complexity index is 1090. The first-order valence-electron chi connectivity index (χ1n) is 7.70. The molecule has 0 spiro atoms. The number of carbonyl (C=O) groups is 1. The molecule has 0 aliphatic carbocycles. The van der Waals surface area contributed by atoms with E-state index in [1.807, 2.05) is 18.2 Å². The average Bonchev–Trinajstić information content (AvgIpc) is 3.07. The fourth-order valence-electron chi connectivity index (χ4n) is 2.66. The summed E-state index contributed by atoms with van der Waals surface area (Å²) in [4.78, 5) is 20.9. The number of rotatable bonds is 4. The summed E-state index contributed by atoms with van der Waals surface area (Å²) in [6.07, 6.45) is 0. The number of oxazole rings is 1. The van der Waals surface area contributed by atoms with Gasteiger partial charge in [-0.05, 0) is 19.1 Å². The Hall–Kier alpha value is -2.73. The van der Waals surface area contributed by atoms with Crippen LogP contribution in [0.25, 0.3) is 22.0 Å². The van der Waals surface area contributed by atoms with Crippen molar-refractivity contribution in [3.8, 4) is 0 Å². The molecule has 2 aromatic heterocycles. The van der Waals surface area contributed by atoms with Crippen molar-refractivity contribution in [2.75, 3.05) is 5.75 Å². The predicted molar refractivity (Wildman–Crippen MR) is 95.5 cm³/mol. The first-order valence-corrected chi connectivity index (χ1v) is 8.68. The Labute approximate surface area is 147 Å². The maximum atomic E-state index is 14.0. The molecule has 0 saturated heterocycles. The average molecular weight is 352 g/mol. The van der Waals surface area contributed by atoms with Crippen LogP contribution in [0.2, 0.25) is 0 Å². The third kappa shape index (κ3) is 2.89. The molecular weight excluding hydrogens is 339 g/mol. The van der Waals surface area contributed by atoms with Gasteiger partial charge in [-0.2, -0.15) is 0 Å². The Morgan fingerprint density at radius 3 is 2.68 bits per heavy atom. The maximum Gasteiger partial charge on any atom is 0.257 e. The second-order valence-corrected chi connectivity index (χ2v) is 6.50. The molecule has 124 valence electrons. The molecule has 0 atom stereocenters. The molecule has 6 heteroatoms. The van der Waals surface area contributed by atoms with Gasteiger partial charge in [-0.3, -0.25) is 4.79 Å². The second-order valence-electron chi connectivity index (χ2n) is 5.57. The van der Waals surface area contributed by atoms with Crippen LogP contribution < -0.4 is 0 Å². The molecule has 0 saturated carbocycles. The Morgan fingerprint density at radius 2 is 1.88 bits per heavy atom. The summed E-state index contributed by atoms with van der Waals surface area (Å²) in [5.74, 6) is -0.179. The van der Waals surface area contributed by atoms with Crippen molar-refractivity contribution in [1.29, 1.82) is 0 Å². The molecular formula is C19H13FN2O2S. The highest BCUT2D eigenvalue weighted by molar-refractivity contribution is 7.99. The topological polar surface area (TPSA) is 56.0 Å². The molecule has 0 unspecified atom stereocenters. The first kappa shape index (κ1) is 15.8. The number of ketones is 1. The molecule has 2 heterocycles. The van der Waals surface area contributed by atoms with Crippen LogP contribution in [0.15, 0.2) is 58.2 Å². The third-order valence-corrected chi connectivity index (χ3v) is 4.71. The van der Waals surface area contributed by atoms with E-state index in [1.165, 1.54) is 17.8 Å². The van der Waals surface area contributed by atoms with Crippen LogP contribution in [0, 0.1) is 12.7 Å². The van der Waals surface area contributed by atoms with Gasteiger partial charge in [-0.25, -0.2) is 14.4 Å². The molecule has 0 amide bonds. The summed E-state index contributed by atoms with van der Waals surface area (Å²) in [5, 5.41) is 0.954. The van der Waals surface area contributed by atoms with Gasteiger partial charge in [0.2, 0.25) is 0 Å². The quantitative estimate of drug-likeness (QED) is 0.390. The van der Waals surface area contributed by atoms with Gasteiger partial charge in [0, 0.05) is 10.9 Å². The summed E-state index contributed by atoms with van der Waals surface area (Å²) < 4.78 is 19.8. The highest BCUT2D eigenvalue weighted by atomic mass is 32.2. The van der Waals surface area contributed by atoms with Crippen LogP contribution in [-0.4, -0.2) is 21.5 Å². The largest absolute Gasteiger partial charge is 0.431 e. The minimum Gasteiger partial charge on any atom is -0.431 e. The van der Waals surface area contributed by atoms with Crippen molar-refractivity contribution < 1.29 is 13.6 Å². The fraction of sp³-hybridized carbons (Fsp3) is 0.105. The van der Waals surface area contributed by atoms with E-state index in [2.05, 4.69) is 9.97 Å². The van der Waals surface area contributed by atoms with E-state index in [0.717, 1.165) is 0 Å². The van der Waals surface area contributed by atoms with Gasteiger partial charge in [0.25, 0.3) is 5.22 Å². The standard InChI is InChI=1S/C19H13FN2O2S/c1-11-16-18(13-8-5-9-14(20)17(13)21-11)24-19(22-16)25-10-15(23)12-6-3-2-4-7-12/h2-9H,10H2,1H3. The zero-order chi connectivity index (χ0) is 17.4. The number of aromatic nitrogens is 2. The Kier molecular flexibility index (Phi) is 3.97. The van der Waals surface area contributed by atoms with Crippen molar-refractivity contribution in [3.05, 3.63) is 65.6 Å². The summed E-state index contributed by atoms with van der Waals surface area (Å²) in [7, 11) is 0. The van der Waals surface area contributed by atoms with E-state index >= 15 is 0 Å². The van der Waals surface area contributed by atoms with E-state index in [-0.39, 0.29) is 17.1 Å². The zero-order valence-electron chi connectivity index (χ0n) is 13.3. The molecule has 4 rings (SSSR count). The molecule has 0 aliphatic rings. The highest BCUT2D eigenvalue weighted by Crippen LogP contribution is 2.31. The van der Waals surface area contributed by atoms with Crippen LogP contribution in [0.4, 0.5) is 4.39 Å². The van der Waals surface area contributed by atoms with Crippen LogP contribution in [0.3, 0.4) is 0 Å². The molecule has 0 N–H and O–H groups in total. The molecule has 0 aliphatic heterocycles. The van der Waals surface area contributed by atoms with Crippen molar-refractivity contribution in [1.82, 2.24) is 9.97 Å². The number of benzene rings is 2. The van der Waals surface area contributed by atoms with E-state index in [9.17, 15) is 9.18 Å². The molecule has 25 heavy (non-hydrogen) atoms. The number of para-hydroxylation sites is 1. The third-order valence-electron chi connectivity index (χ3n) is 3.88. The number of thioether (sulfide) groups is 1. The molecule has 4 aromatic rings. The van der Waals surface area contributed by atoms with Crippen molar-refractivity contribution in [2.24, 2.45) is 0 Å². The van der Waals surface area contributed by atoms with Crippen LogP contribution in [0.5, 0.6) is 0 Å². The molecule has 4 nitrogen and oxygen atoms in total. The smallest absolute Gasteiger partial charge is 0.257 e. The van der Waals surface area contributed by atoms with Crippen LogP contribution in [0.1, 0.15) is 16.1 Å². The lowest BCUT2D eigenvalue weighted by Crippen LogP contribution is -2.01. The van der Waals surface area contributed by atoms with Crippen molar-refractivity contribution in [2.45, 2.75) is 12.1 Å². The number of Topliss-reactive ketones (excluding diaryl/α,β-unsaturated/α-hetero) is 1. The highest BCUT2D eigenvalue weighted by Gasteiger charge is 2.16. The maximum absolute atomic E-state index is 14.0. The number of nitrogens with zero attached hydrogens (tertiary/aromatic N) is 2. The number of pyridine rings is 1. The van der Waals surface area contributed by atoms with Crippen LogP contribution in [-0.2, 0) is 0 Å². The number of aryl methyl sites for hydroxylation is 1. The number of hydrogen-bond acceptors (Lipinski definition) is 5. The Balaban J connectivity index is 1.67. The minimum atomic E-state index is -0.396. The number of carbonyl (C=O) groups excluding carboxylic acids is 1. The monoisotopic (exact) mass is 352 g/mol. The predicted octanol–water partition coefficient (Wildman–Crippen LogP) is 4.80. The Morgan fingerprint density at radius 1 is 1.08 bits per heavy atom.